The number of carbonyl (C=O) groups is 4. The van der Waals surface area contributed by atoms with Gasteiger partial charge in [-0.15, -0.1) is 0 Å². The van der Waals surface area contributed by atoms with Crippen molar-refractivity contribution in [1.82, 2.24) is 4.90 Å². The van der Waals surface area contributed by atoms with Crippen LogP contribution in [0.5, 0.6) is 0 Å². The number of carboxylic acid groups (broad SMARTS) is 3. The number of aliphatic carboxylic acids is 3. The zero-order chi connectivity index (χ0) is 25.5. The van der Waals surface area contributed by atoms with Crippen LogP contribution < -0.4 is 0 Å². The third kappa shape index (κ3) is 7.24. The maximum atomic E-state index is 12.4. The number of fused-ring (bicyclic) bond motifs is 2. The minimum atomic E-state index is -2.74. The molecule has 1 unspecified atom stereocenters. The lowest BCUT2D eigenvalue weighted by atomic mass is 9.96. The smallest absolute Gasteiger partial charge is 0.336 e. The summed E-state index contributed by atoms with van der Waals surface area (Å²) in [7, 11) is 2.17. The number of hydrogen-bond donors (Lipinski definition) is 5. The van der Waals surface area contributed by atoms with Gasteiger partial charge in [0.15, 0.2) is 5.60 Å². The number of carboxylic acids is 3. The SMILES string of the molecule is CN1[C@@H]2CC[C@H]1C[C@@H](OC(=O)C(CO)c1ccccc1)C2.O=C(O)CC(O)(CC(=O)O)C(=O)O. The highest BCUT2D eigenvalue weighted by molar-refractivity contribution is 5.88. The molecule has 2 bridgehead atoms. The Bertz CT molecular complexity index is 844. The normalized spacial score (nSPS) is 22.7. The van der Waals surface area contributed by atoms with Crippen LogP contribution in [0.25, 0.3) is 0 Å². The van der Waals surface area contributed by atoms with Gasteiger partial charge in [-0.2, -0.15) is 0 Å². The van der Waals surface area contributed by atoms with E-state index in [2.05, 4.69) is 11.9 Å². The number of nitrogens with zero attached hydrogens (tertiary/aromatic N) is 1. The third-order valence-corrected chi connectivity index (χ3v) is 6.29. The summed E-state index contributed by atoms with van der Waals surface area (Å²) in [6.07, 6.45) is 1.97. The average Bonchev–Trinajstić information content (AvgIpc) is 2.95. The number of carbonyl (C=O) groups excluding carboxylic acids is 1. The van der Waals surface area contributed by atoms with Gasteiger partial charge in [0, 0.05) is 12.1 Å². The maximum absolute atomic E-state index is 12.4. The fourth-order valence-corrected chi connectivity index (χ4v) is 4.42. The summed E-state index contributed by atoms with van der Waals surface area (Å²) in [5, 5.41) is 43.3. The summed E-state index contributed by atoms with van der Waals surface area (Å²) >= 11 is 0. The van der Waals surface area contributed by atoms with Gasteiger partial charge in [-0.3, -0.25) is 14.4 Å². The molecule has 0 aromatic heterocycles. The summed E-state index contributed by atoms with van der Waals surface area (Å²) in [5.74, 6) is -5.88. The van der Waals surface area contributed by atoms with Crippen molar-refractivity contribution in [2.45, 2.75) is 68.2 Å². The van der Waals surface area contributed by atoms with Gasteiger partial charge in [-0.05, 0) is 38.3 Å². The quantitative estimate of drug-likeness (QED) is 0.313. The molecule has 2 aliphatic rings. The fraction of sp³-hybridized carbons (Fsp3) is 0.565. The lowest BCUT2D eigenvalue weighted by Gasteiger charge is -2.36. The minimum absolute atomic E-state index is 0.00367. The van der Waals surface area contributed by atoms with Crippen LogP contribution >= 0.6 is 0 Å². The summed E-state index contributed by atoms with van der Waals surface area (Å²) in [5.41, 5.74) is -1.92. The maximum Gasteiger partial charge on any atom is 0.336 e. The molecule has 11 nitrogen and oxygen atoms in total. The van der Waals surface area contributed by atoms with Crippen LogP contribution in [0.3, 0.4) is 0 Å². The Kier molecular flexibility index (Phi) is 9.54. The molecule has 2 aliphatic heterocycles. The van der Waals surface area contributed by atoms with E-state index in [1.807, 2.05) is 30.3 Å². The summed E-state index contributed by atoms with van der Waals surface area (Å²) in [4.78, 5) is 45.3. The number of aliphatic hydroxyl groups is 2. The molecule has 4 atom stereocenters. The minimum Gasteiger partial charge on any atom is -0.481 e. The van der Waals surface area contributed by atoms with E-state index in [0.717, 1.165) is 18.4 Å². The van der Waals surface area contributed by atoms with Gasteiger partial charge in [-0.1, -0.05) is 30.3 Å². The first kappa shape index (κ1) is 27.2. The molecule has 2 heterocycles. The molecule has 188 valence electrons. The topological polar surface area (TPSA) is 182 Å². The molecule has 11 heteroatoms. The van der Waals surface area contributed by atoms with E-state index in [-0.39, 0.29) is 18.7 Å². The summed E-state index contributed by atoms with van der Waals surface area (Å²) < 4.78 is 5.70. The van der Waals surface area contributed by atoms with E-state index in [1.54, 1.807) is 0 Å². The predicted molar refractivity (Wildman–Crippen MR) is 117 cm³/mol. The van der Waals surface area contributed by atoms with Crippen LogP contribution in [-0.4, -0.2) is 91.8 Å². The van der Waals surface area contributed by atoms with E-state index < -0.39 is 42.3 Å². The molecule has 5 N–H and O–H groups in total. The molecular formula is C23H31NO10. The van der Waals surface area contributed by atoms with Crippen molar-refractivity contribution < 1.29 is 49.4 Å². The van der Waals surface area contributed by atoms with Crippen molar-refractivity contribution in [3.8, 4) is 0 Å². The van der Waals surface area contributed by atoms with Gasteiger partial charge in [0.05, 0.1) is 19.4 Å². The zero-order valence-electron chi connectivity index (χ0n) is 18.9. The van der Waals surface area contributed by atoms with Crippen molar-refractivity contribution in [3.63, 3.8) is 0 Å². The number of benzene rings is 1. The highest BCUT2D eigenvalue weighted by Gasteiger charge is 2.41. The van der Waals surface area contributed by atoms with Crippen molar-refractivity contribution >= 4 is 23.9 Å². The van der Waals surface area contributed by atoms with Crippen LogP contribution in [0.1, 0.15) is 50.0 Å². The second-order valence-electron chi connectivity index (χ2n) is 8.70. The van der Waals surface area contributed by atoms with E-state index in [9.17, 15) is 24.3 Å². The fourth-order valence-electron chi connectivity index (χ4n) is 4.42. The van der Waals surface area contributed by atoms with Gasteiger partial charge in [0.25, 0.3) is 0 Å². The predicted octanol–water partition coefficient (Wildman–Crippen LogP) is 0.682. The van der Waals surface area contributed by atoms with E-state index in [1.165, 1.54) is 12.8 Å². The second kappa shape index (κ2) is 11.9. The lowest BCUT2D eigenvalue weighted by molar-refractivity contribution is -0.170. The molecule has 0 aliphatic carbocycles. The third-order valence-electron chi connectivity index (χ3n) is 6.29. The highest BCUT2D eigenvalue weighted by atomic mass is 16.5. The molecule has 1 aromatic carbocycles. The van der Waals surface area contributed by atoms with Gasteiger partial charge in [0.2, 0.25) is 0 Å². The molecule has 3 rings (SSSR count). The Morgan fingerprint density at radius 3 is 1.91 bits per heavy atom. The lowest BCUT2D eigenvalue weighted by Crippen LogP contribution is -2.43. The second-order valence-corrected chi connectivity index (χ2v) is 8.70. The largest absolute Gasteiger partial charge is 0.481 e. The first-order chi connectivity index (χ1) is 16.0. The van der Waals surface area contributed by atoms with Crippen LogP contribution in [0.15, 0.2) is 30.3 Å². The highest BCUT2D eigenvalue weighted by Crippen LogP contribution is 2.36. The Balaban J connectivity index is 0.000000273. The van der Waals surface area contributed by atoms with Crippen molar-refractivity contribution in [2.75, 3.05) is 13.7 Å². The number of ether oxygens (including phenoxy) is 1. The van der Waals surface area contributed by atoms with Gasteiger partial charge in [0.1, 0.15) is 12.0 Å². The molecule has 0 saturated carbocycles. The first-order valence-corrected chi connectivity index (χ1v) is 10.9. The van der Waals surface area contributed by atoms with E-state index in [0.29, 0.717) is 12.1 Å². The molecule has 0 spiro atoms. The summed E-state index contributed by atoms with van der Waals surface area (Å²) in [6.45, 7) is -0.206. The summed E-state index contributed by atoms with van der Waals surface area (Å²) in [6, 6.07) is 10.5. The monoisotopic (exact) mass is 481 g/mol. The molecule has 0 radical (unpaired) electrons. The van der Waals surface area contributed by atoms with Crippen LogP contribution in [0.4, 0.5) is 0 Å². The average molecular weight is 481 g/mol. The first-order valence-electron chi connectivity index (χ1n) is 10.9. The van der Waals surface area contributed by atoms with Crippen molar-refractivity contribution in [1.29, 1.82) is 0 Å². The molecule has 2 saturated heterocycles. The number of hydrogen-bond acceptors (Lipinski definition) is 8. The Hall–Kier alpha value is -3.02. The Labute approximate surface area is 196 Å². The molecule has 0 amide bonds. The molecule has 34 heavy (non-hydrogen) atoms. The standard InChI is InChI=1S/C17H23NO3.C6H8O7/c1-18-13-7-8-14(18)10-15(9-13)21-17(20)16(11-19)12-5-3-2-4-6-12;7-3(8)1-6(13,5(11)12)2-4(9)10/h2-6,13-16,19H,7-11H2,1H3;13H,1-2H2,(H,7,8)(H,9,10)(H,11,12)/t13-,14+,15+,16?;. The van der Waals surface area contributed by atoms with Crippen LogP contribution in [0.2, 0.25) is 0 Å². The molecule has 2 fully saturated rings. The van der Waals surface area contributed by atoms with Crippen LogP contribution in [-0.2, 0) is 23.9 Å². The van der Waals surface area contributed by atoms with Crippen molar-refractivity contribution in [3.05, 3.63) is 35.9 Å². The number of piperidine rings is 1. The van der Waals surface area contributed by atoms with E-state index >= 15 is 0 Å². The van der Waals surface area contributed by atoms with Gasteiger partial charge >= 0.3 is 23.9 Å². The van der Waals surface area contributed by atoms with Gasteiger partial charge in [-0.25, -0.2) is 4.79 Å². The molecule has 1 aromatic rings. The molecular weight excluding hydrogens is 450 g/mol. The van der Waals surface area contributed by atoms with Gasteiger partial charge < -0.3 is 35.2 Å². The zero-order valence-corrected chi connectivity index (χ0v) is 18.9. The Morgan fingerprint density at radius 2 is 1.50 bits per heavy atom. The Morgan fingerprint density at radius 1 is 1.00 bits per heavy atom. The number of rotatable bonds is 9. The number of esters is 1. The van der Waals surface area contributed by atoms with Crippen molar-refractivity contribution in [2.24, 2.45) is 0 Å². The number of aliphatic hydroxyl groups excluding tert-OH is 1. The van der Waals surface area contributed by atoms with E-state index in [4.69, 9.17) is 25.2 Å². The van der Waals surface area contributed by atoms with Crippen LogP contribution in [0, 0.1) is 0 Å².